The van der Waals surface area contributed by atoms with Crippen LogP contribution in [0, 0.1) is 6.92 Å². The third-order valence-corrected chi connectivity index (χ3v) is 6.78. The molecular formula is C15H14N2O4S2. The molecule has 0 radical (unpaired) electrons. The molecule has 0 spiro atoms. The van der Waals surface area contributed by atoms with Gasteiger partial charge in [-0.1, -0.05) is 18.2 Å². The Hall–Kier alpha value is -2.32. The Kier molecular flexibility index (Phi) is 3.65. The maximum atomic E-state index is 12.6. The number of amides is 1. The summed E-state index contributed by atoms with van der Waals surface area (Å²) in [6.07, 6.45) is 0. The largest absolute Gasteiger partial charge is 0.493 e. The van der Waals surface area contributed by atoms with Crippen molar-refractivity contribution in [3.8, 4) is 0 Å². The molecule has 23 heavy (non-hydrogen) atoms. The van der Waals surface area contributed by atoms with Crippen molar-refractivity contribution in [3.05, 3.63) is 52.7 Å². The van der Waals surface area contributed by atoms with Gasteiger partial charge in [0.25, 0.3) is 15.9 Å². The van der Waals surface area contributed by atoms with Crippen molar-refractivity contribution in [2.45, 2.75) is 11.1 Å². The van der Waals surface area contributed by atoms with Gasteiger partial charge < -0.3 is 10.4 Å². The maximum absolute atomic E-state index is 12.6. The molecule has 0 aliphatic carbocycles. The number of para-hydroxylation sites is 1. The molecule has 6 nitrogen and oxygen atoms in total. The van der Waals surface area contributed by atoms with Gasteiger partial charge in [-0.3, -0.25) is 4.79 Å². The Morgan fingerprint density at radius 2 is 1.91 bits per heavy atom. The lowest BCUT2D eigenvalue weighted by Crippen LogP contribution is -2.33. The average Bonchev–Trinajstić information content (AvgIpc) is 2.89. The van der Waals surface area contributed by atoms with Gasteiger partial charge in [-0.25, -0.2) is 12.7 Å². The summed E-state index contributed by atoms with van der Waals surface area (Å²) in [6.45, 7) is 1.75. The second kappa shape index (κ2) is 5.39. The van der Waals surface area contributed by atoms with Gasteiger partial charge in [0.15, 0.2) is 0 Å². The smallest absolute Gasteiger partial charge is 0.276 e. The molecule has 0 fully saturated rings. The van der Waals surface area contributed by atoms with Crippen LogP contribution in [0.5, 0.6) is 0 Å². The van der Waals surface area contributed by atoms with Crippen LogP contribution >= 0.6 is 11.3 Å². The number of carbonyl (C=O) groups excluding carboxylic acids is 1. The number of aryl methyl sites for hydroxylation is 1. The standard InChI is InChI=1S/C15H14N2O4S2/c1-9-8-11-12(13(18)16-10-6-4-3-5-7-10)14(19)17(2)23(20,21)15(11)22-9/h3-8,19H,1-2H3,(H,16,18). The zero-order valence-corrected chi connectivity index (χ0v) is 14.0. The minimum atomic E-state index is -3.82. The Balaban J connectivity index is 2.10. The molecule has 1 aliphatic rings. The van der Waals surface area contributed by atoms with E-state index in [2.05, 4.69) is 5.32 Å². The van der Waals surface area contributed by atoms with E-state index >= 15 is 0 Å². The molecule has 0 atom stereocenters. The van der Waals surface area contributed by atoms with Crippen LogP contribution in [0.15, 0.2) is 46.5 Å². The van der Waals surface area contributed by atoms with Crippen molar-refractivity contribution in [2.75, 3.05) is 12.4 Å². The highest BCUT2D eigenvalue weighted by molar-refractivity contribution is 7.91. The normalized spacial score (nSPS) is 16.2. The number of sulfonamides is 1. The van der Waals surface area contributed by atoms with E-state index in [-0.39, 0.29) is 15.3 Å². The number of nitrogens with one attached hydrogen (secondary N) is 1. The maximum Gasteiger partial charge on any atom is 0.276 e. The number of hydrogen-bond donors (Lipinski definition) is 2. The molecular weight excluding hydrogens is 336 g/mol. The van der Waals surface area contributed by atoms with Gasteiger partial charge in [0, 0.05) is 23.2 Å². The Bertz CT molecular complexity index is 914. The number of thiophene rings is 1. The number of fused-ring (bicyclic) bond motifs is 1. The highest BCUT2D eigenvalue weighted by Crippen LogP contribution is 2.40. The van der Waals surface area contributed by atoms with E-state index in [1.807, 2.05) is 6.07 Å². The van der Waals surface area contributed by atoms with Crippen molar-refractivity contribution in [2.24, 2.45) is 0 Å². The molecule has 1 aromatic heterocycles. The highest BCUT2D eigenvalue weighted by Gasteiger charge is 2.39. The number of anilines is 1. The van der Waals surface area contributed by atoms with E-state index in [1.54, 1.807) is 37.3 Å². The highest BCUT2D eigenvalue weighted by atomic mass is 32.2. The third kappa shape index (κ3) is 2.49. The van der Waals surface area contributed by atoms with Crippen molar-refractivity contribution in [1.82, 2.24) is 4.31 Å². The first kappa shape index (κ1) is 15.6. The lowest BCUT2D eigenvalue weighted by molar-refractivity contribution is -0.111. The van der Waals surface area contributed by atoms with E-state index in [0.717, 1.165) is 20.5 Å². The fraction of sp³-hybridized carbons (Fsp3) is 0.133. The third-order valence-electron chi connectivity index (χ3n) is 3.47. The molecule has 0 saturated carbocycles. The molecule has 2 heterocycles. The number of carbonyl (C=O) groups is 1. The quantitative estimate of drug-likeness (QED) is 0.871. The van der Waals surface area contributed by atoms with E-state index in [1.165, 1.54) is 7.05 Å². The van der Waals surface area contributed by atoms with Crippen LogP contribution in [-0.4, -0.2) is 30.8 Å². The van der Waals surface area contributed by atoms with Crippen LogP contribution in [0.25, 0.3) is 5.57 Å². The molecule has 1 aliphatic heterocycles. The van der Waals surface area contributed by atoms with E-state index < -0.39 is 21.8 Å². The Labute approximate surface area is 137 Å². The van der Waals surface area contributed by atoms with Crippen LogP contribution < -0.4 is 5.32 Å². The summed E-state index contributed by atoms with van der Waals surface area (Å²) >= 11 is 1.08. The lowest BCUT2D eigenvalue weighted by Gasteiger charge is -2.25. The minimum Gasteiger partial charge on any atom is -0.493 e. The van der Waals surface area contributed by atoms with Gasteiger partial charge in [0.05, 0.1) is 0 Å². The fourth-order valence-corrected chi connectivity index (χ4v) is 5.21. The summed E-state index contributed by atoms with van der Waals surface area (Å²) in [5.74, 6) is -1.14. The zero-order chi connectivity index (χ0) is 16.8. The van der Waals surface area contributed by atoms with Gasteiger partial charge in [-0.15, -0.1) is 11.3 Å². The second-order valence-corrected chi connectivity index (χ2v) is 8.47. The summed E-state index contributed by atoms with van der Waals surface area (Å²) in [4.78, 5) is 13.3. The van der Waals surface area contributed by atoms with E-state index in [4.69, 9.17) is 0 Å². The first-order valence-electron chi connectivity index (χ1n) is 6.71. The van der Waals surface area contributed by atoms with Gasteiger partial charge in [-0.05, 0) is 25.1 Å². The summed E-state index contributed by atoms with van der Waals surface area (Å²) < 4.78 is 25.5. The van der Waals surface area contributed by atoms with Crippen molar-refractivity contribution >= 4 is 38.5 Å². The van der Waals surface area contributed by atoms with Crippen molar-refractivity contribution in [1.29, 1.82) is 0 Å². The molecule has 120 valence electrons. The molecule has 1 aromatic carbocycles. The average molecular weight is 350 g/mol. The Morgan fingerprint density at radius 1 is 1.26 bits per heavy atom. The molecule has 0 bridgehead atoms. The Morgan fingerprint density at radius 3 is 2.57 bits per heavy atom. The molecule has 0 unspecified atom stereocenters. The summed E-state index contributed by atoms with van der Waals surface area (Å²) in [6, 6.07) is 10.4. The fourth-order valence-electron chi connectivity index (χ4n) is 2.31. The predicted octanol–water partition coefficient (Wildman–Crippen LogP) is 2.56. The number of nitrogens with zero attached hydrogens (tertiary/aromatic N) is 1. The number of benzene rings is 1. The van der Waals surface area contributed by atoms with Gasteiger partial charge in [0.2, 0.25) is 5.88 Å². The molecule has 0 saturated heterocycles. The summed E-state index contributed by atoms with van der Waals surface area (Å²) in [5.41, 5.74) is 0.740. The van der Waals surface area contributed by atoms with Gasteiger partial charge >= 0.3 is 0 Å². The van der Waals surface area contributed by atoms with E-state index in [0.29, 0.717) is 5.69 Å². The molecule has 2 aromatic rings. The molecule has 8 heteroatoms. The van der Waals surface area contributed by atoms with Crippen molar-refractivity contribution in [3.63, 3.8) is 0 Å². The number of aliphatic hydroxyl groups is 1. The van der Waals surface area contributed by atoms with Crippen LogP contribution in [0.3, 0.4) is 0 Å². The number of hydrogen-bond acceptors (Lipinski definition) is 5. The second-order valence-electron chi connectivity index (χ2n) is 5.05. The zero-order valence-electron chi connectivity index (χ0n) is 12.4. The van der Waals surface area contributed by atoms with Gasteiger partial charge in [-0.2, -0.15) is 0 Å². The molecule has 2 N–H and O–H groups in total. The number of aliphatic hydroxyl groups excluding tert-OH is 1. The molecule has 1 amide bonds. The van der Waals surface area contributed by atoms with Crippen LogP contribution in [0.4, 0.5) is 5.69 Å². The SMILES string of the molecule is Cc1cc2c(s1)S(=O)(=O)N(C)C(O)=C2C(=O)Nc1ccccc1. The minimum absolute atomic E-state index is 0.0504. The number of rotatable bonds is 2. The van der Waals surface area contributed by atoms with Crippen molar-refractivity contribution < 1.29 is 18.3 Å². The topological polar surface area (TPSA) is 86.7 Å². The van der Waals surface area contributed by atoms with Crippen LogP contribution in [0.1, 0.15) is 10.4 Å². The predicted molar refractivity (Wildman–Crippen MR) is 88.6 cm³/mol. The lowest BCUT2D eigenvalue weighted by atomic mass is 10.1. The first-order valence-corrected chi connectivity index (χ1v) is 8.97. The summed E-state index contributed by atoms with van der Waals surface area (Å²) in [7, 11) is -2.60. The van der Waals surface area contributed by atoms with Gasteiger partial charge in [0.1, 0.15) is 9.78 Å². The summed E-state index contributed by atoms with van der Waals surface area (Å²) in [5, 5.41) is 12.9. The van der Waals surface area contributed by atoms with Crippen LogP contribution in [0.2, 0.25) is 0 Å². The first-order chi connectivity index (χ1) is 10.8. The monoisotopic (exact) mass is 350 g/mol. The van der Waals surface area contributed by atoms with Crippen LogP contribution in [-0.2, 0) is 14.8 Å². The molecule has 3 rings (SSSR count). The van der Waals surface area contributed by atoms with E-state index in [9.17, 15) is 18.3 Å².